The van der Waals surface area contributed by atoms with Gasteiger partial charge in [-0.25, -0.2) is 10.1 Å². The molecule has 0 atom stereocenters. The van der Waals surface area contributed by atoms with Gasteiger partial charge in [0, 0.05) is 13.1 Å². The van der Waals surface area contributed by atoms with Crippen LogP contribution in [-0.2, 0) is 4.74 Å². The van der Waals surface area contributed by atoms with E-state index in [0.29, 0.717) is 32.3 Å². The van der Waals surface area contributed by atoms with Crippen LogP contribution in [0.15, 0.2) is 4.42 Å². The summed E-state index contributed by atoms with van der Waals surface area (Å²) in [6.07, 6.45) is -1.23. The molecule has 2 rings (SSSR count). The SMILES string of the molecule is O=C(O)Nc1nnc(N2CCOCC2)o1. The largest absolute Gasteiger partial charge is 0.465 e. The third kappa shape index (κ3) is 2.34. The van der Waals surface area contributed by atoms with Crippen LogP contribution in [0.3, 0.4) is 0 Å². The van der Waals surface area contributed by atoms with Crippen molar-refractivity contribution in [2.24, 2.45) is 0 Å². The molecule has 0 unspecified atom stereocenters. The van der Waals surface area contributed by atoms with E-state index in [1.807, 2.05) is 10.2 Å². The first kappa shape index (κ1) is 9.71. The molecule has 1 saturated heterocycles. The predicted molar refractivity (Wildman–Crippen MR) is 49.0 cm³/mol. The van der Waals surface area contributed by atoms with E-state index in [1.165, 1.54) is 0 Å². The molecule has 8 heteroatoms. The smallest absolute Gasteiger partial charge is 0.412 e. The van der Waals surface area contributed by atoms with Gasteiger partial charge in [0.1, 0.15) is 0 Å². The molecular formula is C7H10N4O4. The van der Waals surface area contributed by atoms with Gasteiger partial charge >= 0.3 is 18.1 Å². The van der Waals surface area contributed by atoms with E-state index in [0.717, 1.165) is 0 Å². The van der Waals surface area contributed by atoms with E-state index in [2.05, 4.69) is 10.2 Å². The summed E-state index contributed by atoms with van der Waals surface area (Å²) in [5.41, 5.74) is 0. The Kier molecular flexibility index (Phi) is 2.68. The molecule has 8 nitrogen and oxygen atoms in total. The average Bonchev–Trinajstić information content (AvgIpc) is 2.67. The Morgan fingerprint density at radius 3 is 2.80 bits per heavy atom. The third-order valence-electron chi connectivity index (χ3n) is 1.91. The van der Waals surface area contributed by atoms with E-state index in [9.17, 15) is 4.79 Å². The Morgan fingerprint density at radius 2 is 2.13 bits per heavy atom. The minimum absolute atomic E-state index is 0.121. The maximum absolute atomic E-state index is 10.3. The monoisotopic (exact) mass is 214 g/mol. The molecule has 1 amide bonds. The fourth-order valence-electron chi connectivity index (χ4n) is 1.24. The van der Waals surface area contributed by atoms with Gasteiger partial charge in [-0.1, -0.05) is 10.2 Å². The minimum atomic E-state index is -1.23. The number of rotatable bonds is 2. The Labute approximate surface area is 84.8 Å². The van der Waals surface area contributed by atoms with Crippen LogP contribution in [0.25, 0.3) is 0 Å². The van der Waals surface area contributed by atoms with E-state index in [4.69, 9.17) is 14.3 Å². The van der Waals surface area contributed by atoms with E-state index in [-0.39, 0.29) is 6.01 Å². The normalized spacial score (nSPS) is 16.4. The topological polar surface area (TPSA) is 101 Å². The van der Waals surface area contributed by atoms with Crippen molar-refractivity contribution < 1.29 is 19.1 Å². The van der Waals surface area contributed by atoms with Crippen LogP contribution in [0.1, 0.15) is 0 Å². The second-order valence-corrected chi connectivity index (χ2v) is 2.92. The molecular weight excluding hydrogens is 204 g/mol. The Hall–Kier alpha value is -1.83. The number of hydrogen-bond acceptors (Lipinski definition) is 6. The summed E-state index contributed by atoms with van der Waals surface area (Å²) in [4.78, 5) is 12.1. The van der Waals surface area contributed by atoms with Crippen molar-refractivity contribution in [1.29, 1.82) is 0 Å². The minimum Gasteiger partial charge on any atom is -0.465 e. The van der Waals surface area contributed by atoms with Gasteiger partial charge in [0.25, 0.3) is 0 Å². The highest BCUT2D eigenvalue weighted by molar-refractivity contribution is 5.79. The fraction of sp³-hybridized carbons (Fsp3) is 0.571. The number of amides is 1. The summed E-state index contributed by atoms with van der Waals surface area (Å²) in [5, 5.41) is 17.7. The Bertz CT molecular complexity index is 347. The van der Waals surface area contributed by atoms with Crippen LogP contribution in [0.2, 0.25) is 0 Å². The number of aromatic nitrogens is 2. The second kappa shape index (κ2) is 4.13. The zero-order chi connectivity index (χ0) is 10.7. The Morgan fingerprint density at radius 1 is 1.40 bits per heavy atom. The lowest BCUT2D eigenvalue weighted by Crippen LogP contribution is -2.36. The number of carbonyl (C=O) groups is 1. The number of nitrogens with one attached hydrogen (secondary N) is 1. The number of carboxylic acid groups (broad SMARTS) is 1. The lowest BCUT2D eigenvalue weighted by atomic mass is 10.5. The molecule has 1 fully saturated rings. The average molecular weight is 214 g/mol. The lowest BCUT2D eigenvalue weighted by molar-refractivity contribution is 0.120. The molecule has 1 aliphatic rings. The molecule has 0 aromatic carbocycles. The molecule has 1 aromatic rings. The summed E-state index contributed by atoms with van der Waals surface area (Å²) >= 11 is 0. The highest BCUT2D eigenvalue weighted by Gasteiger charge is 2.17. The number of nitrogens with zero attached hydrogens (tertiary/aromatic N) is 3. The number of morpholine rings is 1. The van der Waals surface area contributed by atoms with Gasteiger partial charge in [-0.15, -0.1) is 0 Å². The summed E-state index contributed by atoms with van der Waals surface area (Å²) in [7, 11) is 0. The summed E-state index contributed by atoms with van der Waals surface area (Å²) < 4.78 is 10.2. The van der Waals surface area contributed by atoms with Gasteiger partial charge in [0.15, 0.2) is 0 Å². The predicted octanol–water partition coefficient (Wildman–Crippen LogP) is -0.00390. The molecule has 2 N–H and O–H groups in total. The van der Waals surface area contributed by atoms with Gasteiger partial charge in [-0.05, 0) is 0 Å². The van der Waals surface area contributed by atoms with Crippen molar-refractivity contribution in [2.75, 3.05) is 36.5 Å². The number of hydrogen-bond donors (Lipinski definition) is 2. The maximum atomic E-state index is 10.3. The van der Waals surface area contributed by atoms with Crippen molar-refractivity contribution in [3.63, 3.8) is 0 Å². The van der Waals surface area contributed by atoms with Crippen molar-refractivity contribution in [3.05, 3.63) is 0 Å². The van der Waals surface area contributed by atoms with Gasteiger partial charge in [0.2, 0.25) is 0 Å². The quantitative estimate of drug-likeness (QED) is 0.714. The summed E-state index contributed by atoms with van der Waals surface area (Å²) in [6.45, 7) is 2.53. The molecule has 82 valence electrons. The second-order valence-electron chi connectivity index (χ2n) is 2.92. The van der Waals surface area contributed by atoms with Crippen molar-refractivity contribution in [2.45, 2.75) is 0 Å². The first-order chi connectivity index (χ1) is 7.25. The number of anilines is 2. The lowest BCUT2D eigenvalue weighted by Gasteiger charge is -2.24. The van der Waals surface area contributed by atoms with Crippen LogP contribution < -0.4 is 10.2 Å². The summed E-state index contributed by atoms with van der Waals surface area (Å²) in [6, 6.07) is 0.186. The molecule has 0 bridgehead atoms. The molecule has 2 heterocycles. The highest BCUT2D eigenvalue weighted by atomic mass is 16.5. The van der Waals surface area contributed by atoms with Crippen molar-refractivity contribution >= 4 is 18.1 Å². The third-order valence-corrected chi connectivity index (χ3v) is 1.91. The van der Waals surface area contributed by atoms with Crippen LogP contribution in [0, 0.1) is 0 Å². The first-order valence-corrected chi connectivity index (χ1v) is 4.42. The van der Waals surface area contributed by atoms with Crippen LogP contribution in [0.4, 0.5) is 16.8 Å². The zero-order valence-corrected chi connectivity index (χ0v) is 7.84. The van der Waals surface area contributed by atoms with Crippen molar-refractivity contribution in [1.82, 2.24) is 10.2 Å². The first-order valence-electron chi connectivity index (χ1n) is 4.42. The summed E-state index contributed by atoms with van der Waals surface area (Å²) in [5.74, 6) is 0. The molecule has 0 aliphatic carbocycles. The maximum Gasteiger partial charge on any atom is 0.412 e. The van der Waals surface area contributed by atoms with E-state index >= 15 is 0 Å². The van der Waals surface area contributed by atoms with Gasteiger partial charge in [-0.3, -0.25) is 0 Å². The molecule has 1 aliphatic heterocycles. The molecule has 15 heavy (non-hydrogen) atoms. The van der Waals surface area contributed by atoms with Gasteiger partial charge < -0.3 is 19.2 Å². The molecule has 1 aromatic heterocycles. The van der Waals surface area contributed by atoms with Crippen LogP contribution in [-0.4, -0.2) is 47.7 Å². The molecule has 0 radical (unpaired) electrons. The zero-order valence-electron chi connectivity index (χ0n) is 7.84. The fourth-order valence-corrected chi connectivity index (χ4v) is 1.24. The van der Waals surface area contributed by atoms with Gasteiger partial charge in [0.05, 0.1) is 13.2 Å². The highest BCUT2D eigenvalue weighted by Crippen LogP contribution is 2.16. The van der Waals surface area contributed by atoms with Crippen molar-refractivity contribution in [3.8, 4) is 0 Å². The van der Waals surface area contributed by atoms with Gasteiger partial charge in [-0.2, -0.15) is 0 Å². The van der Waals surface area contributed by atoms with E-state index in [1.54, 1.807) is 0 Å². The van der Waals surface area contributed by atoms with Crippen LogP contribution >= 0.6 is 0 Å². The number of ether oxygens (including phenoxy) is 1. The van der Waals surface area contributed by atoms with Crippen LogP contribution in [0.5, 0.6) is 0 Å². The van der Waals surface area contributed by atoms with E-state index < -0.39 is 6.09 Å². The molecule has 0 saturated carbocycles. The standard InChI is InChI=1S/C7H10N4O4/c12-7(13)8-5-9-10-6(15-5)11-1-3-14-4-2-11/h1-4H2,(H,8,9)(H,12,13). The molecule has 0 spiro atoms. The Balaban J connectivity index is 2.02.